The second-order valence-corrected chi connectivity index (χ2v) is 8.95. The number of hydrogen-bond acceptors (Lipinski definition) is 2. The van der Waals surface area contributed by atoms with Gasteiger partial charge in [0.25, 0.3) is 0 Å². The zero-order chi connectivity index (χ0) is 18.9. The van der Waals surface area contributed by atoms with Crippen LogP contribution in [0, 0.1) is 12.3 Å². The van der Waals surface area contributed by atoms with Crippen LogP contribution in [0.2, 0.25) is 0 Å². The van der Waals surface area contributed by atoms with Crippen LogP contribution in [0.3, 0.4) is 0 Å². The van der Waals surface area contributed by atoms with Gasteiger partial charge in [-0.1, -0.05) is 29.8 Å². The first-order valence-electron chi connectivity index (χ1n) is 9.61. The van der Waals surface area contributed by atoms with Crippen LogP contribution in [0.5, 0.6) is 0 Å². The van der Waals surface area contributed by atoms with Gasteiger partial charge in [0.1, 0.15) is 0 Å². The molecule has 2 fully saturated rings. The molecule has 3 rings (SSSR count). The van der Waals surface area contributed by atoms with Gasteiger partial charge in [-0.05, 0) is 52.5 Å². The maximum absolute atomic E-state index is 13.3. The monoisotopic (exact) mass is 357 g/mol. The molecule has 1 spiro atoms. The van der Waals surface area contributed by atoms with Crippen molar-refractivity contribution in [2.45, 2.75) is 59.0 Å². The van der Waals surface area contributed by atoms with Crippen molar-refractivity contribution < 1.29 is 9.59 Å². The van der Waals surface area contributed by atoms with Crippen molar-refractivity contribution in [3.63, 3.8) is 0 Å². The molecule has 0 bridgehead atoms. The summed E-state index contributed by atoms with van der Waals surface area (Å²) < 4.78 is 0. The summed E-state index contributed by atoms with van der Waals surface area (Å²) in [4.78, 5) is 29.6. The Labute approximate surface area is 156 Å². The number of piperidine rings is 1. The first-order chi connectivity index (χ1) is 12.2. The van der Waals surface area contributed by atoms with Gasteiger partial charge >= 0.3 is 6.03 Å². The Morgan fingerprint density at radius 1 is 1.23 bits per heavy atom. The Bertz CT molecular complexity index is 695. The molecule has 3 amide bonds. The number of likely N-dealkylation sites (tertiary alicyclic amines) is 2. The minimum atomic E-state index is -0.392. The van der Waals surface area contributed by atoms with Crippen molar-refractivity contribution in [2.75, 3.05) is 19.6 Å². The highest BCUT2D eigenvalue weighted by molar-refractivity contribution is 5.86. The van der Waals surface area contributed by atoms with E-state index in [4.69, 9.17) is 0 Å². The first kappa shape index (κ1) is 18.7. The highest BCUT2D eigenvalue weighted by atomic mass is 16.2. The number of nitrogens with one attached hydrogen (secondary N) is 1. The molecule has 142 valence electrons. The maximum Gasteiger partial charge on any atom is 0.317 e. The smallest absolute Gasteiger partial charge is 0.317 e. The SMILES string of the molecule is Cc1cccc(CN2CCC[C@]3(CCN(C(=O)NC(C)(C)C)C3)C2=O)c1. The van der Waals surface area contributed by atoms with Crippen LogP contribution in [0.4, 0.5) is 4.79 Å². The zero-order valence-electron chi connectivity index (χ0n) is 16.5. The molecule has 2 saturated heterocycles. The van der Waals surface area contributed by atoms with Crippen LogP contribution >= 0.6 is 0 Å². The molecule has 1 aromatic carbocycles. The van der Waals surface area contributed by atoms with Gasteiger partial charge in [0.05, 0.1) is 5.41 Å². The third-order valence-electron chi connectivity index (χ3n) is 5.40. The Kier molecular flexibility index (Phi) is 5.00. The van der Waals surface area contributed by atoms with Crippen molar-refractivity contribution in [2.24, 2.45) is 5.41 Å². The number of benzene rings is 1. The van der Waals surface area contributed by atoms with E-state index in [0.29, 0.717) is 19.6 Å². The fraction of sp³-hybridized carbons (Fsp3) is 0.619. The number of aryl methyl sites for hydroxylation is 1. The molecule has 2 aliphatic rings. The Morgan fingerprint density at radius 2 is 2.00 bits per heavy atom. The van der Waals surface area contributed by atoms with Crippen LogP contribution in [-0.4, -0.2) is 46.9 Å². The molecule has 0 radical (unpaired) electrons. The van der Waals surface area contributed by atoms with Gasteiger partial charge in [0.2, 0.25) is 5.91 Å². The summed E-state index contributed by atoms with van der Waals surface area (Å²) in [7, 11) is 0. The van der Waals surface area contributed by atoms with Gasteiger partial charge in [-0.15, -0.1) is 0 Å². The predicted molar refractivity (Wildman–Crippen MR) is 103 cm³/mol. The van der Waals surface area contributed by atoms with E-state index < -0.39 is 5.41 Å². The fourth-order valence-electron chi connectivity index (χ4n) is 4.16. The minimum absolute atomic E-state index is 0.0574. The van der Waals surface area contributed by atoms with E-state index in [1.807, 2.05) is 36.6 Å². The molecule has 1 atom stereocenters. The normalized spacial score (nSPS) is 23.6. The number of rotatable bonds is 2. The van der Waals surface area contributed by atoms with E-state index >= 15 is 0 Å². The molecule has 2 heterocycles. The average Bonchev–Trinajstić information content (AvgIpc) is 2.96. The lowest BCUT2D eigenvalue weighted by atomic mass is 9.78. The lowest BCUT2D eigenvalue weighted by Gasteiger charge is -2.39. The largest absolute Gasteiger partial charge is 0.338 e. The highest BCUT2D eigenvalue weighted by Gasteiger charge is 2.49. The lowest BCUT2D eigenvalue weighted by Crippen LogP contribution is -2.52. The summed E-state index contributed by atoms with van der Waals surface area (Å²) in [5, 5.41) is 3.02. The Balaban J connectivity index is 1.68. The lowest BCUT2D eigenvalue weighted by molar-refractivity contribution is -0.146. The molecular formula is C21H31N3O2. The van der Waals surface area contributed by atoms with E-state index in [1.165, 1.54) is 11.1 Å². The molecular weight excluding hydrogens is 326 g/mol. The summed E-state index contributed by atoms with van der Waals surface area (Å²) in [6.45, 7) is 10.7. The molecule has 5 nitrogen and oxygen atoms in total. The van der Waals surface area contributed by atoms with Gasteiger partial charge in [-0.2, -0.15) is 0 Å². The third kappa shape index (κ3) is 4.02. The molecule has 0 saturated carbocycles. The summed E-state index contributed by atoms with van der Waals surface area (Å²) >= 11 is 0. The quantitative estimate of drug-likeness (QED) is 0.883. The highest BCUT2D eigenvalue weighted by Crippen LogP contribution is 2.40. The molecule has 0 aliphatic carbocycles. The van der Waals surface area contributed by atoms with E-state index in [9.17, 15) is 9.59 Å². The minimum Gasteiger partial charge on any atom is -0.338 e. The molecule has 1 aromatic rings. The zero-order valence-corrected chi connectivity index (χ0v) is 16.5. The Morgan fingerprint density at radius 3 is 2.69 bits per heavy atom. The number of nitrogens with zero attached hydrogens (tertiary/aromatic N) is 2. The van der Waals surface area contributed by atoms with Crippen molar-refractivity contribution in [1.82, 2.24) is 15.1 Å². The van der Waals surface area contributed by atoms with E-state index in [1.54, 1.807) is 0 Å². The van der Waals surface area contributed by atoms with E-state index in [0.717, 1.165) is 25.8 Å². The summed E-state index contributed by atoms with van der Waals surface area (Å²) in [6, 6.07) is 8.29. The molecule has 1 N–H and O–H groups in total. The fourth-order valence-corrected chi connectivity index (χ4v) is 4.16. The topological polar surface area (TPSA) is 52.6 Å². The second kappa shape index (κ2) is 6.93. The number of carbonyl (C=O) groups excluding carboxylic acids is 2. The van der Waals surface area contributed by atoms with Crippen LogP contribution in [0.1, 0.15) is 51.2 Å². The van der Waals surface area contributed by atoms with Crippen LogP contribution in [-0.2, 0) is 11.3 Å². The summed E-state index contributed by atoms with van der Waals surface area (Å²) in [5.74, 6) is 0.219. The van der Waals surface area contributed by atoms with E-state index in [-0.39, 0.29) is 17.5 Å². The number of hydrogen-bond donors (Lipinski definition) is 1. The molecule has 5 heteroatoms. The summed E-state index contributed by atoms with van der Waals surface area (Å²) in [5.41, 5.74) is 1.74. The van der Waals surface area contributed by atoms with E-state index in [2.05, 4.69) is 30.4 Å². The second-order valence-electron chi connectivity index (χ2n) is 8.95. The van der Waals surface area contributed by atoms with Crippen molar-refractivity contribution >= 4 is 11.9 Å². The van der Waals surface area contributed by atoms with Crippen LogP contribution in [0.15, 0.2) is 24.3 Å². The predicted octanol–water partition coefficient (Wildman–Crippen LogP) is 3.32. The molecule has 0 aromatic heterocycles. The van der Waals surface area contributed by atoms with Gasteiger partial charge in [-0.25, -0.2) is 4.79 Å². The van der Waals surface area contributed by atoms with Crippen LogP contribution in [0.25, 0.3) is 0 Å². The number of carbonyl (C=O) groups is 2. The van der Waals surface area contributed by atoms with Gasteiger partial charge < -0.3 is 15.1 Å². The van der Waals surface area contributed by atoms with Gasteiger partial charge in [0.15, 0.2) is 0 Å². The number of amides is 3. The standard InChI is InChI=1S/C21H31N3O2/c1-16-7-5-8-17(13-16)14-23-11-6-9-21(18(23)25)10-12-24(15-21)19(26)22-20(2,3)4/h5,7-8,13H,6,9-12,14-15H2,1-4H3,(H,22,26)/t21-/m1/s1. The van der Waals surface area contributed by atoms with Crippen molar-refractivity contribution in [3.8, 4) is 0 Å². The number of urea groups is 1. The maximum atomic E-state index is 13.3. The van der Waals surface area contributed by atoms with Crippen molar-refractivity contribution in [1.29, 1.82) is 0 Å². The third-order valence-corrected chi connectivity index (χ3v) is 5.40. The summed E-state index contributed by atoms with van der Waals surface area (Å²) in [6.07, 6.45) is 2.66. The van der Waals surface area contributed by atoms with Crippen LogP contribution < -0.4 is 5.32 Å². The molecule has 0 unspecified atom stereocenters. The molecule has 2 aliphatic heterocycles. The van der Waals surface area contributed by atoms with Gasteiger partial charge in [-0.3, -0.25) is 4.79 Å². The first-order valence-corrected chi connectivity index (χ1v) is 9.61. The van der Waals surface area contributed by atoms with Crippen molar-refractivity contribution in [3.05, 3.63) is 35.4 Å². The Hall–Kier alpha value is -2.04. The molecule has 26 heavy (non-hydrogen) atoms. The van der Waals surface area contributed by atoms with Gasteiger partial charge in [0, 0.05) is 31.7 Å². The average molecular weight is 357 g/mol.